The lowest BCUT2D eigenvalue weighted by Crippen LogP contribution is -2.03. The lowest BCUT2D eigenvalue weighted by atomic mass is 10.2. The fourth-order valence-electron chi connectivity index (χ4n) is 0.983. The molecule has 0 unspecified atom stereocenters. The van der Waals surface area contributed by atoms with Crippen molar-refractivity contribution >= 4 is 39.9 Å². The summed E-state index contributed by atoms with van der Waals surface area (Å²) >= 11 is 1.44. The maximum atomic E-state index is 10.6. The summed E-state index contributed by atoms with van der Waals surface area (Å²) in [5, 5.41) is 29.8. The second kappa shape index (κ2) is 4.38. The van der Waals surface area contributed by atoms with Gasteiger partial charge in [-0.05, 0) is 22.6 Å². The fourth-order valence-corrected chi connectivity index (χ4v) is 1.69. The molecule has 0 aliphatic heterocycles. The maximum absolute atomic E-state index is 10.6. The third kappa shape index (κ3) is 2.24. The molecule has 0 fully saturated rings. The third-order valence-electron chi connectivity index (χ3n) is 1.67. The molecule has 16 heavy (non-hydrogen) atoms. The van der Waals surface area contributed by atoms with Crippen LogP contribution in [0.4, 0.5) is 11.4 Å². The Kier molecular flexibility index (Phi) is 3.37. The predicted octanol–water partition coefficient (Wildman–Crippen LogP) is 1.81. The van der Waals surface area contributed by atoms with Crippen molar-refractivity contribution in [1.29, 1.82) is 0 Å². The number of hydrogen-bond acceptors (Lipinski definition) is 5. The minimum absolute atomic E-state index is 0.197. The van der Waals surface area contributed by atoms with Crippen LogP contribution in [0.5, 0.6) is 0 Å². The molecule has 0 spiro atoms. The van der Waals surface area contributed by atoms with E-state index in [9.17, 15) is 25.0 Å². The van der Waals surface area contributed by atoms with Gasteiger partial charge >= 0.3 is 5.97 Å². The van der Waals surface area contributed by atoms with Gasteiger partial charge in [0.05, 0.1) is 15.4 Å². The molecule has 0 amide bonds. The van der Waals surface area contributed by atoms with Crippen LogP contribution in [-0.2, 0) is 0 Å². The van der Waals surface area contributed by atoms with Gasteiger partial charge in [-0.2, -0.15) is 0 Å². The molecule has 0 aliphatic rings. The number of hydrogen-bond donors (Lipinski definition) is 1. The monoisotopic (exact) mass is 338 g/mol. The first-order valence-electron chi connectivity index (χ1n) is 3.70. The summed E-state index contributed by atoms with van der Waals surface area (Å²) in [7, 11) is 0. The van der Waals surface area contributed by atoms with Crippen molar-refractivity contribution in [1.82, 2.24) is 0 Å². The number of nitro groups is 2. The maximum Gasteiger partial charge on any atom is 0.336 e. The number of nitro benzene ring substituents is 2. The normalized spacial score (nSPS) is 9.81. The second-order valence-corrected chi connectivity index (χ2v) is 3.73. The van der Waals surface area contributed by atoms with Crippen molar-refractivity contribution in [2.24, 2.45) is 0 Å². The van der Waals surface area contributed by atoms with Crippen molar-refractivity contribution in [3.8, 4) is 0 Å². The van der Waals surface area contributed by atoms with Gasteiger partial charge in [0.15, 0.2) is 3.57 Å². The molecule has 0 saturated heterocycles. The van der Waals surface area contributed by atoms with Gasteiger partial charge in [0, 0.05) is 12.1 Å². The molecule has 9 heteroatoms. The zero-order chi connectivity index (χ0) is 12.5. The Morgan fingerprint density at radius 2 is 1.56 bits per heavy atom. The third-order valence-corrected chi connectivity index (χ3v) is 2.78. The average molecular weight is 338 g/mol. The van der Waals surface area contributed by atoms with E-state index in [4.69, 9.17) is 5.11 Å². The van der Waals surface area contributed by atoms with E-state index in [1.165, 1.54) is 22.6 Å². The zero-order valence-electron chi connectivity index (χ0n) is 7.42. The molecule has 0 saturated carbocycles. The largest absolute Gasteiger partial charge is 0.478 e. The highest BCUT2D eigenvalue weighted by Crippen LogP contribution is 2.31. The van der Waals surface area contributed by atoms with E-state index in [2.05, 4.69) is 0 Å². The van der Waals surface area contributed by atoms with Crippen LogP contribution >= 0.6 is 22.6 Å². The van der Waals surface area contributed by atoms with Crippen molar-refractivity contribution in [3.05, 3.63) is 41.5 Å². The lowest BCUT2D eigenvalue weighted by Gasteiger charge is -1.99. The number of aromatic carboxylic acids is 1. The standard InChI is InChI=1S/C7H3IN2O6/c8-6-4(9(13)14)1-3(7(11)12)2-5(6)10(15)16/h1-2H,(H,11,12). The van der Waals surface area contributed by atoms with Gasteiger partial charge in [-0.3, -0.25) is 20.2 Å². The first kappa shape index (κ1) is 12.3. The van der Waals surface area contributed by atoms with Crippen LogP contribution in [0.1, 0.15) is 10.4 Å². The number of carbonyl (C=O) groups is 1. The molecule has 84 valence electrons. The summed E-state index contributed by atoms with van der Waals surface area (Å²) in [6.07, 6.45) is 0. The van der Waals surface area contributed by atoms with Crippen LogP contribution in [-0.4, -0.2) is 20.9 Å². The smallest absolute Gasteiger partial charge is 0.336 e. The number of rotatable bonds is 3. The number of halogens is 1. The Hall–Kier alpha value is -1.78. The van der Waals surface area contributed by atoms with Gasteiger partial charge in [0.2, 0.25) is 0 Å². The number of nitrogens with zero attached hydrogens (tertiary/aromatic N) is 2. The quantitative estimate of drug-likeness (QED) is 0.509. The van der Waals surface area contributed by atoms with Crippen molar-refractivity contribution in [2.45, 2.75) is 0 Å². The van der Waals surface area contributed by atoms with Crippen LogP contribution in [0.2, 0.25) is 0 Å². The van der Waals surface area contributed by atoms with Crippen LogP contribution in [0.15, 0.2) is 12.1 Å². The molecular weight excluding hydrogens is 335 g/mol. The molecule has 0 aromatic heterocycles. The highest BCUT2D eigenvalue weighted by molar-refractivity contribution is 14.1. The Labute approximate surface area is 101 Å². The van der Waals surface area contributed by atoms with Crippen LogP contribution in [0, 0.1) is 23.8 Å². The summed E-state index contributed by atoms with van der Waals surface area (Å²) in [6.45, 7) is 0. The van der Waals surface area contributed by atoms with Gasteiger partial charge in [0.1, 0.15) is 0 Å². The lowest BCUT2D eigenvalue weighted by molar-refractivity contribution is -0.396. The van der Waals surface area contributed by atoms with Crippen LogP contribution < -0.4 is 0 Å². The number of benzene rings is 1. The van der Waals surface area contributed by atoms with Gasteiger partial charge in [-0.15, -0.1) is 0 Å². The first-order valence-corrected chi connectivity index (χ1v) is 4.78. The van der Waals surface area contributed by atoms with Gasteiger partial charge in [0.25, 0.3) is 11.4 Å². The van der Waals surface area contributed by atoms with Gasteiger partial charge in [-0.1, -0.05) is 0 Å². The molecule has 1 rings (SSSR count). The van der Waals surface area contributed by atoms with E-state index in [0.29, 0.717) is 0 Å². The Morgan fingerprint density at radius 1 is 1.19 bits per heavy atom. The molecule has 1 aromatic carbocycles. The molecule has 0 aliphatic carbocycles. The summed E-state index contributed by atoms with van der Waals surface area (Å²) in [4.78, 5) is 30.0. The summed E-state index contributed by atoms with van der Waals surface area (Å²) < 4.78 is -0.197. The van der Waals surface area contributed by atoms with E-state index in [1.54, 1.807) is 0 Å². The molecule has 0 radical (unpaired) electrons. The Balaban J connectivity index is 3.57. The van der Waals surface area contributed by atoms with Crippen molar-refractivity contribution in [3.63, 3.8) is 0 Å². The topological polar surface area (TPSA) is 124 Å². The minimum atomic E-state index is -1.46. The summed E-state index contributed by atoms with van der Waals surface area (Å²) in [5.41, 5.74) is -1.67. The number of carboxylic acid groups (broad SMARTS) is 1. The van der Waals surface area contributed by atoms with Crippen LogP contribution in [0.3, 0.4) is 0 Å². The molecule has 0 atom stereocenters. The van der Waals surface area contributed by atoms with E-state index in [-0.39, 0.29) is 3.57 Å². The van der Waals surface area contributed by atoms with Crippen LogP contribution in [0.25, 0.3) is 0 Å². The highest BCUT2D eigenvalue weighted by atomic mass is 127. The predicted molar refractivity (Wildman–Crippen MR) is 59.4 cm³/mol. The molecule has 8 nitrogen and oxygen atoms in total. The summed E-state index contributed by atoms with van der Waals surface area (Å²) in [6, 6.07) is 1.58. The Morgan fingerprint density at radius 3 is 1.81 bits per heavy atom. The molecular formula is C7H3IN2O6. The van der Waals surface area contributed by atoms with Gasteiger partial charge < -0.3 is 5.11 Å². The average Bonchev–Trinajstić information content (AvgIpc) is 2.16. The SMILES string of the molecule is O=C(O)c1cc([N+](=O)[O-])c(I)c([N+](=O)[O-])c1. The van der Waals surface area contributed by atoms with Gasteiger partial charge in [-0.25, -0.2) is 4.79 Å². The second-order valence-electron chi connectivity index (χ2n) is 2.65. The molecule has 1 aromatic rings. The Bertz CT molecular complexity index is 465. The van der Waals surface area contributed by atoms with E-state index in [1.807, 2.05) is 0 Å². The van der Waals surface area contributed by atoms with E-state index >= 15 is 0 Å². The van der Waals surface area contributed by atoms with Crippen molar-refractivity contribution < 1.29 is 19.7 Å². The minimum Gasteiger partial charge on any atom is -0.478 e. The zero-order valence-corrected chi connectivity index (χ0v) is 9.57. The highest BCUT2D eigenvalue weighted by Gasteiger charge is 2.26. The summed E-state index contributed by atoms with van der Waals surface area (Å²) in [5.74, 6) is -1.46. The molecule has 0 bridgehead atoms. The van der Waals surface area contributed by atoms with E-state index in [0.717, 1.165) is 12.1 Å². The van der Waals surface area contributed by atoms with E-state index < -0.39 is 32.8 Å². The number of carboxylic acids is 1. The first-order chi connectivity index (χ1) is 7.34. The molecule has 0 heterocycles. The molecule has 1 N–H and O–H groups in total. The van der Waals surface area contributed by atoms with Crippen molar-refractivity contribution in [2.75, 3.05) is 0 Å². The fraction of sp³-hybridized carbons (Fsp3) is 0.